The third-order valence-electron chi connectivity index (χ3n) is 1.63. The fraction of sp³-hybridized carbons (Fsp3) is 0. The van der Waals surface area contributed by atoms with Crippen molar-refractivity contribution in [2.45, 2.75) is 0 Å². The van der Waals surface area contributed by atoms with Crippen LogP contribution in [0.3, 0.4) is 0 Å². The van der Waals surface area contributed by atoms with Crippen LogP contribution in [0.15, 0.2) is 41.2 Å². The first-order valence-corrected chi connectivity index (χ1v) is 3.44. The van der Waals surface area contributed by atoms with Gasteiger partial charge in [-0.3, -0.25) is 4.79 Å². The molecule has 2 aromatic rings. The summed E-state index contributed by atoms with van der Waals surface area (Å²) in [5, 5.41) is 1.06. The second kappa shape index (κ2) is 3.33. The molecule has 0 spiro atoms. The van der Waals surface area contributed by atoms with Crippen molar-refractivity contribution in [1.29, 1.82) is 0 Å². The molecule has 1 heterocycles. The van der Waals surface area contributed by atoms with E-state index in [4.69, 9.17) is 0 Å². The number of para-hydroxylation sites is 1. The molecule has 1 aromatic carbocycles. The van der Waals surface area contributed by atoms with E-state index < -0.39 is 0 Å². The monoisotopic (exact) mass is 156 g/mol. The molecule has 0 amide bonds. The summed E-state index contributed by atoms with van der Waals surface area (Å²) in [6.45, 7) is 0. The van der Waals surface area contributed by atoms with E-state index in [0.717, 1.165) is 10.9 Å². The number of rotatable bonds is 0. The quantitative estimate of drug-likeness (QED) is 0.574. The van der Waals surface area contributed by atoms with Crippen LogP contribution in [0.1, 0.15) is 2.85 Å². The number of hydrogen-bond donors (Lipinski definition) is 1. The summed E-state index contributed by atoms with van der Waals surface area (Å²) in [4.78, 5) is 13.6. The molecule has 2 nitrogen and oxygen atoms in total. The van der Waals surface area contributed by atoms with Gasteiger partial charge in [-0.15, -0.1) is 0 Å². The summed E-state index contributed by atoms with van der Waals surface area (Å²) < 4.78 is 0. The van der Waals surface area contributed by atoms with Gasteiger partial charge in [0, 0.05) is 11.6 Å². The number of benzene rings is 1. The van der Waals surface area contributed by atoms with Gasteiger partial charge in [0.25, 0.3) is 0 Å². The first-order valence-electron chi connectivity index (χ1n) is 3.44. The minimum atomic E-state index is -0.0521. The van der Waals surface area contributed by atoms with Crippen molar-refractivity contribution in [1.82, 2.24) is 4.98 Å². The van der Waals surface area contributed by atoms with Gasteiger partial charge in [0.05, 0.1) is 0 Å². The molecule has 0 aliphatic heterocycles. The Morgan fingerprint density at radius 2 is 1.83 bits per heavy atom. The van der Waals surface area contributed by atoms with Crippen LogP contribution in [-0.4, -0.2) is 15.1 Å². The van der Waals surface area contributed by atoms with Crippen molar-refractivity contribution in [2.24, 2.45) is 0 Å². The van der Waals surface area contributed by atoms with Crippen molar-refractivity contribution in [3.8, 4) is 0 Å². The molecule has 3 heteroatoms. The van der Waals surface area contributed by atoms with Crippen LogP contribution < -0.4 is 5.56 Å². The number of aromatic amines is 1. The average Bonchev–Trinajstić information content (AvgIpc) is 2.04. The Hall–Kier alpha value is -1.40. The summed E-state index contributed by atoms with van der Waals surface area (Å²) in [6.07, 6.45) is 0. The van der Waals surface area contributed by atoms with E-state index in [0.29, 0.717) is 0 Å². The van der Waals surface area contributed by atoms with Crippen LogP contribution in [0.25, 0.3) is 10.9 Å². The van der Waals surface area contributed by atoms with Crippen molar-refractivity contribution in [2.75, 3.05) is 0 Å². The zero-order valence-corrected chi connectivity index (χ0v) is 6.58. The van der Waals surface area contributed by atoms with Crippen LogP contribution >= 0.6 is 0 Å². The van der Waals surface area contributed by atoms with E-state index in [9.17, 15) is 4.79 Å². The number of aromatic nitrogens is 1. The largest absolute Gasteiger partial charge is 2.00 e. The smallest absolute Gasteiger partial charge is 1.00 e. The molecule has 0 aliphatic rings. The number of hydrogen-bond acceptors (Lipinski definition) is 1. The zero-order chi connectivity index (χ0) is 7.68. The van der Waals surface area contributed by atoms with Gasteiger partial charge in [-0.05, 0) is 17.5 Å². The second-order valence-corrected chi connectivity index (χ2v) is 2.41. The van der Waals surface area contributed by atoms with Crippen molar-refractivity contribution in [3.63, 3.8) is 0 Å². The predicted molar refractivity (Wildman–Crippen MR) is 52.5 cm³/mol. The molecule has 0 aliphatic carbocycles. The van der Waals surface area contributed by atoms with Gasteiger partial charge in [0.1, 0.15) is 0 Å². The SMILES string of the molecule is O=c1ccc2ccccc2[nH]1.[Be+2].[H-].[H-]. The molecule has 1 aromatic heterocycles. The first kappa shape index (κ1) is 8.69. The maximum absolute atomic E-state index is 10.8. The van der Waals surface area contributed by atoms with Gasteiger partial charge in [-0.25, -0.2) is 0 Å². The maximum atomic E-state index is 10.8. The van der Waals surface area contributed by atoms with Gasteiger partial charge in [-0.1, -0.05) is 18.2 Å². The van der Waals surface area contributed by atoms with Crippen molar-refractivity contribution < 1.29 is 2.85 Å². The Bertz CT molecular complexity index is 444. The standard InChI is InChI=1S/C9H7NO.Be.2H/c11-9-6-5-7-3-1-2-4-8(7)10-9;;;/h1-6H,(H,10,11);;;/q;+2;2*-1. The van der Waals surface area contributed by atoms with Crippen LogP contribution in [0.4, 0.5) is 0 Å². The van der Waals surface area contributed by atoms with E-state index in [2.05, 4.69) is 4.98 Å². The number of H-pyrrole nitrogens is 1. The third-order valence-corrected chi connectivity index (χ3v) is 1.63. The molecule has 12 heavy (non-hydrogen) atoms. The van der Waals surface area contributed by atoms with E-state index in [1.54, 1.807) is 0 Å². The van der Waals surface area contributed by atoms with E-state index in [-0.39, 0.29) is 18.5 Å². The van der Waals surface area contributed by atoms with Crippen LogP contribution in [0.5, 0.6) is 0 Å². The fourth-order valence-corrected chi connectivity index (χ4v) is 1.10. The normalized spacial score (nSPS) is 9.33. The van der Waals surface area contributed by atoms with Crippen LogP contribution in [0.2, 0.25) is 0 Å². The molecular weight excluding hydrogens is 147 g/mol. The fourth-order valence-electron chi connectivity index (χ4n) is 1.10. The van der Waals surface area contributed by atoms with E-state index in [1.807, 2.05) is 30.3 Å². The van der Waals surface area contributed by atoms with Gasteiger partial charge in [-0.2, -0.15) is 0 Å². The third kappa shape index (κ3) is 1.44. The summed E-state index contributed by atoms with van der Waals surface area (Å²) in [6, 6.07) is 11.0. The number of pyridine rings is 1. The van der Waals surface area contributed by atoms with Gasteiger partial charge < -0.3 is 7.84 Å². The van der Waals surface area contributed by atoms with E-state index in [1.165, 1.54) is 6.07 Å². The topological polar surface area (TPSA) is 32.9 Å². The molecular formula is C9H9BeNO. The Labute approximate surface area is 76.4 Å². The average molecular weight is 156 g/mol. The van der Waals surface area contributed by atoms with Crippen molar-refractivity contribution in [3.05, 3.63) is 46.8 Å². The molecule has 0 unspecified atom stereocenters. The minimum Gasteiger partial charge on any atom is -1.00 e. The Balaban J connectivity index is 0. The zero-order valence-electron chi connectivity index (χ0n) is 8.58. The van der Waals surface area contributed by atoms with E-state index >= 15 is 0 Å². The summed E-state index contributed by atoms with van der Waals surface area (Å²) in [7, 11) is 0. The van der Waals surface area contributed by atoms with Crippen molar-refractivity contribution >= 4 is 21.0 Å². The molecule has 2 rings (SSSR count). The molecule has 0 fully saturated rings. The number of fused-ring (bicyclic) bond motifs is 1. The maximum Gasteiger partial charge on any atom is 2.00 e. The molecule has 0 saturated heterocycles. The number of nitrogens with one attached hydrogen (secondary N) is 1. The summed E-state index contributed by atoms with van der Waals surface area (Å²) in [5.41, 5.74) is 0.837. The Morgan fingerprint density at radius 3 is 2.67 bits per heavy atom. The van der Waals surface area contributed by atoms with Crippen LogP contribution in [0, 0.1) is 0 Å². The molecule has 0 saturated carbocycles. The predicted octanol–water partition coefficient (Wildman–Crippen LogP) is 1.37. The Kier molecular flexibility index (Phi) is 2.41. The first-order chi connectivity index (χ1) is 5.36. The molecule has 0 atom stereocenters. The summed E-state index contributed by atoms with van der Waals surface area (Å²) in [5.74, 6) is 0. The summed E-state index contributed by atoms with van der Waals surface area (Å²) >= 11 is 0. The van der Waals surface area contributed by atoms with Gasteiger partial charge >= 0.3 is 10.1 Å². The van der Waals surface area contributed by atoms with Crippen LogP contribution in [-0.2, 0) is 0 Å². The second-order valence-electron chi connectivity index (χ2n) is 2.41. The molecule has 0 bridgehead atoms. The molecule has 1 N–H and O–H groups in total. The van der Waals surface area contributed by atoms with Gasteiger partial charge in [0.2, 0.25) is 5.56 Å². The van der Waals surface area contributed by atoms with Gasteiger partial charge in [0.15, 0.2) is 0 Å². The Morgan fingerprint density at radius 1 is 1.08 bits per heavy atom. The molecule has 0 radical (unpaired) electrons. The minimum absolute atomic E-state index is 0. The molecule has 58 valence electrons.